The Balaban J connectivity index is 1.89. The fraction of sp³-hybridized carbons (Fsp3) is 0.200. The van der Waals surface area contributed by atoms with Crippen LogP contribution >= 0.6 is 0 Å². The molecule has 5 nitrogen and oxygen atoms in total. The predicted molar refractivity (Wildman–Crippen MR) is 97.5 cm³/mol. The highest BCUT2D eigenvalue weighted by Gasteiger charge is 2.09. The van der Waals surface area contributed by atoms with Crippen molar-refractivity contribution in [1.82, 2.24) is 0 Å². The van der Waals surface area contributed by atoms with Gasteiger partial charge in [0.15, 0.2) is 6.61 Å². The van der Waals surface area contributed by atoms with Gasteiger partial charge in [0.05, 0.1) is 7.11 Å². The van der Waals surface area contributed by atoms with Crippen molar-refractivity contribution < 1.29 is 19.1 Å². The lowest BCUT2D eigenvalue weighted by Crippen LogP contribution is -2.21. The molecule has 5 heteroatoms. The molecule has 0 aliphatic rings. The molecule has 25 heavy (non-hydrogen) atoms. The SMILES string of the molecule is COc1ccccc1/C=C/C(=O)OCC(=O)Nc1c(C)cccc1C. The van der Waals surface area contributed by atoms with Crippen molar-refractivity contribution in [2.45, 2.75) is 13.8 Å². The molecule has 0 unspecified atom stereocenters. The topological polar surface area (TPSA) is 64.6 Å². The van der Waals surface area contributed by atoms with Gasteiger partial charge in [-0.3, -0.25) is 4.79 Å². The maximum absolute atomic E-state index is 12.0. The summed E-state index contributed by atoms with van der Waals surface area (Å²) in [5.74, 6) is -0.321. The second-order valence-corrected chi connectivity index (χ2v) is 5.50. The Morgan fingerprint density at radius 1 is 1.04 bits per heavy atom. The van der Waals surface area contributed by atoms with Gasteiger partial charge in [-0.2, -0.15) is 0 Å². The minimum atomic E-state index is -0.595. The van der Waals surface area contributed by atoms with Crippen LogP contribution in [0, 0.1) is 13.8 Å². The lowest BCUT2D eigenvalue weighted by Gasteiger charge is -2.11. The van der Waals surface area contributed by atoms with E-state index in [0.717, 1.165) is 22.4 Å². The summed E-state index contributed by atoms with van der Waals surface area (Å²) in [6, 6.07) is 13.0. The minimum Gasteiger partial charge on any atom is -0.496 e. The number of nitrogens with one attached hydrogen (secondary N) is 1. The summed E-state index contributed by atoms with van der Waals surface area (Å²) in [7, 11) is 1.56. The van der Waals surface area contributed by atoms with Gasteiger partial charge in [-0.15, -0.1) is 0 Å². The summed E-state index contributed by atoms with van der Waals surface area (Å²) in [5.41, 5.74) is 3.40. The zero-order valence-electron chi connectivity index (χ0n) is 14.5. The van der Waals surface area contributed by atoms with Crippen LogP contribution in [-0.4, -0.2) is 25.6 Å². The molecular weight excluding hydrogens is 318 g/mol. The second kappa shape index (κ2) is 8.68. The third-order valence-corrected chi connectivity index (χ3v) is 3.63. The number of ether oxygens (including phenoxy) is 2. The van der Waals surface area contributed by atoms with Crippen LogP contribution in [0.15, 0.2) is 48.5 Å². The maximum atomic E-state index is 12.0. The van der Waals surface area contributed by atoms with Crippen LogP contribution in [0.4, 0.5) is 5.69 Å². The Bertz CT molecular complexity index is 776. The summed E-state index contributed by atoms with van der Waals surface area (Å²) in [4.78, 5) is 23.7. The molecule has 0 aliphatic carbocycles. The van der Waals surface area contributed by atoms with Crippen LogP contribution in [-0.2, 0) is 14.3 Å². The highest BCUT2D eigenvalue weighted by molar-refractivity contribution is 5.95. The molecule has 1 N–H and O–H groups in total. The Labute approximate surface area is 147 Å². The molecule has 0 radical (unpaired) electrons. The average molecular weight is 339 g/mol. The van der Waals surface area contributed by atoms with Crippen molar-refractivity contribution in [2.75, 3.05) is 19.0 Å². The fourth-order valence-corrected chi connectivity index (χ4v) is 2.33. The van der Waals surface area contributed by atoms with Gasteiger partial charge in [-0.05, 0) is 37.1 Å². The zero-order chi connectivity index (χ0) is 18.2. The Kier molecular flexibility index (Phi) is 6.34. The summed E-state index contributed by atoms with van der Waals surface area (Å²) in [6.45, 7) is 3.47. The van der Waals surface area contributed by atoms with Crippen LogP contribution < -0.4 is 10.1 Å². The van der Waals surface area contributed by atoms with E-state index < -0.39 is 5.97 Å². The van der Waals surface area contributed by atoms with Gasteiger partial charge in [0.25, 0.3) is 5.91 Å². The van der Waals surface area contributed by atoms with Crippen molar-refractivity contribution >= 4 is 23.6 Å². The molecule has 0 bridgehead atoms. The van der Waals surface area contributed by atoms with Crippen molar-refractivity contribution in [3.63, 3.8) is 0 Å². The predicted octanol–water partition coefficient (Wildman–Crippen LogP) is 3.51. The van der Waals surface area contributed by atoms with Crippen LogP contribution in [0.5, 0.6) is 5.75 Å². The van der Waals surface area contributed by atoms with Crippen molar-refractivity contribution in [3.05, 3.63) is 65.2 Å². The van der Waals surface area contributed by atoms with E-state index in [0.29, 0.717) is 5.75 Å². The molecule has 0 aliphatic heterocycles. The first kappa shape index (κ1) is 18.3. The van der Waals surface area contributed by atoms with E-state index in [4.69, 9.17) is 9.47 Å². The van der Waals surface area contributed by atoms with E-state index in [9.17, 15) is 9.59 Å². The number of carbonyl (C=O) groups is 2. The van der Waals surface area contributed by atoms with E-state index in [1.54, 1.807) is 19.3 Å². The Morgan fingerprint density at radius 3 is 2.40 bits per heavy atom. The summed E-state index contributed by atoms with van der Waals surface area (Å²) in [5, 5.41) is 2.77. The summed E-state index contributed by atoms with van der Waals surface area (Å²) < 4.78 is 10.2. The number of hydrogen-bond acceptors (Lipinski definition) is 4. The van der Waals surface area contributed by atoms with E-state index in [2.05, 4.69) is 5.32 Å². The van der Waals surface area contributed by atoms with Crippen molar-refractivity contribution in [1.29, 1.82) is 0 Å². The molecule has 2 rings (SSSR count). The van der Waals surface area contributed by atoms with Crippen LogP contribution in [0.2, 0.25) is 0 Å². The number of hydrogen-bond donors (Lipinski definition) is 1. The van der Waals surface area contributed by atoms with Gasteiger partial charge in [0.2, 0.25) is 0 Å². The first-order valence-electron chi connectivity index (χ1n) is 7.85. The Hall–Kier alpha value is -3.08. The first-order valence-corrected chi connectivity index (χ1v) is 7.85. The van der Waals surface area contributed by atoms with Gasteiger partial charge < -0.3 is 14.8 Å². The highest BCUT2D eigenvalue weighted by atomic mass is 16.5. The molecule has 0 saturated heterocycles. The zero-order valence-corrected chi connectivity index (χ0v) is 14.5. The third kappa shape index (κ3) is 5.21. The van der Waals surface area contributed by atoms with Crippen molar-refractivity contribution in [3.8, 4) is 5.75 Å². The largest absolute Gasteiger partial charge is 0.496 e. The van der Waals surface area contributed by atoms with E-state index in [1.807, 2.05) is 50.2 Å². The second-order valence-electron chi connectivity index (χ2n) is 5.50. The lowest BCUT2D eigenvalue weighted by molar-refractivity contribution is -0.142. The standard InChI is InChI=1S/C20H21NO4/c1-14-7-6-8-15(2)20(14)21-18(22)13-25-19(23)12-11-16-9-4-5-10-17(16)24-3/h4-12H,13H2,1-3H3,(H,21,22)/b12-11+. The average Bonchev–Trinajstić information content (AvgIpc) is 2.61. The van der Waals surface area contributed by atoms with Crippen LogP contribution in [0.25, 0.3) is 6.08 Å². The minimum absolute atomic E-state index is 0.344. The summed E-state index contributed by atoms with van der Waals surface area (Å²) >= 11 is 0. The molecule has 2 aromatic rings. The maximum Gasteiger partial charge on any atom is 0.331 e. The Morgan fingerprint density at radius 2 is 1.72 bits per heavy atom. The monoisotopic (exact) mass is 339 g/mol. The first-order chi connectivity index (χ1) is 12.0. The van der Waals surface area contributed by atoms with Crippen molar-refractivity contribution in [2.24, 2.45) is 0 Å². The number of anilines is 1. The molecule has 0 fully saturated rings. The number of amides is 1. The van der Waals surface area contributed by atoms with E-state index >= 15 is 0 Å². The molecule has 0 saturated carbocycles. The van der Waals surface area contributed by atoms with Gasteiger partial charge in [0.1, 0.15) is 5.75 Å². The smallest absolute Gasteiger partial charge is 0.331 e. The summed E-state index contributed by atoms with van der Waals surface area (Å²) in [6.07, 6.45) is 2.86. The molecule has 0 spiro atoms. The molecule has 0 aromatic heterocycles. The van der Waals surface area contributed by atoms with Gasteiger partial charge >= 0.3 is 5.97 Å². The number of esters is 1. The molecular formula is C20H21NO4. The normalized spacial score (nSPS) is 10.5. The number of rotatable bonds is 6. The molecule has 1 amide bonds. The number of para-hydroxylation sites is 2. The molecule has 0 heterocycles. The van der Waals surface area contributed by atoms with E-state index in [-0.39, 0.29) is 12.5 Å². The number of carbonyl (C=O) groups excluding carboxylic acids is 2. The van der Waals surface area contributed by atoms with Gasteiger partial charge in [-0.1, -0.05) is 36.4 Å². The van der Waals surface area contributed by atoms with Crippen LogP contribution in [0.3, 0.4) is 0 Å². The number of aryl methyl sites for hydroxylation is 2. The van der Waals surface area contributed by atoms with E-state index in [1.165, 1.54) is 6.08 Å². The number of methoxy groups -OCH3 is 1. The fourth-order valence-electron chi connectivity index (χ4n) is 2.33. The van der Waals surface area contributed by atoms with Gasteiger partial charge in [-0.25, -0.2) is 4.79 Å². The van der Waals surface area contributed by atoms with Gasteiger partial charge in [0, 0.05) is 17.3 Å². The highest BCUT2D eigenvalue weighted by Crippen LogP contribution is 2.20. The molecule has 130 valence electrons. The lowest BCUT2D eigenvalue weighted by atomic mass is 10.1. The molecule has 0 atom stereocenters. The third-order valence-electron chi connectivity index (χ3n) is 3.63. The van der Waals surface area contributed by atoms with Crippen LogP contribution in [0.1, 0.15) is 16.7 Å². The number of benzene rings is 2. The quantitative estimate of drug-likeness (QED) is 0.646. The molecule has 2 aromatic carbocycles.